The molecule has 7 heteroatoms. The summed E-state index contributed by atoms with van der Waals surface area (Å²) >= 11 is 0. The number of para-hydroxylation sites is 1. The Kier molecular flexibility index (Phi) is 4.21. The molecule has 6 nitrogen and oxygen atoms in total. The molecule has 0 amide bonds. The van der Waals surface area contributed by atoms with Crippen molar-refractivity contribution in [3.8, 4) is 0 Å². The van der Waals surface area contributed by atoms with Crippen LogP contribution in [0, 0.1) is 5.82 Å². The predicted molar refractivity (Wildman–Crippen MR) is 96.5 cm³/mol. The first-order chi connectivity index (χ1) is 12.2. The van der Waals surface area contributed by atoms with E-state index in [4.69, 9.17) is 0 Å². The third kappa shape index (κ3) is 3.26. The van der Waals surface area contributed by atoms with Crippen LogP contribution in [0.5, 0.6) is 0 Å². The number of rotatable bonds is 4. The van der Waals surface area contributed by atoms with Crippen molar-refractivity contribution in [1.29, 1.82) is 0 Å². The Morgan fingerprint density at radius 3 is 2.72 bits per heavy atom. The van der Waals surface area contributed by atoms with Crippen molar-refractivity contribution in [2.75, 3.05) is 10.6 Å². The van der Waals surface area contributed by atoms with Gasteiger partial charge in [-0.25, -0.2) is 14.4 Å². The highest BCUT2D eigenvalue weighted by Gasteiger charge is 2.16. The standard InChI is InChI=1S/C18H21FN6/c1-25-16-15(23-18(25)22-14-10-6-5-9-13(14)19)11-20-17(24-16)21-12-7-3-2-4-8-12/h5-6,9-12H,2-4,7-8H2,1H3,(H,22,23)(H,20,21,24). The zero-order valence-corrected chi connectivity index (χ0v) is 14.2. The summed E-state index contributed by atoms with van der Waals surface area (Å²) in [5, 5.41) is 6.44. The van der Waals surface area contributed by atoms with Crippen LogP contribution in [0.25, 0.3) is 11.2 Å². The SMILES string of the molecule is Cn1c(Nc2ccccc2F)nc2cnc(NC3CCCCC3)nc21. The van der Waals surface area contributed by atoms with Gasteiger partial charge in [-0.3, -0.25) is 4.57 Å². The maximum atomic E-state index is 13.8. The van der Waals surface area contributed by atoms with Crippen molar-refractivity contribution in [2.45, 2.75) is 38.1 Å². The molecule has 1 saturated carbocycles. The summed E-state index contributed by atoms with van der Waals surface area (Å²) in [4.78, 5) is 13.4. The van der Waals surface area contributed by atoms with E-state index < -0.39 is 0 Å². The molecule has 0 spiro atoms. The fraction of sp³-hybridized carbons (Fsp3) is 0.389. The van der Waals surface area contributed by atoms with Gasteiger partial charge in [0.25, 0.3) is 0 Å². The van der Waals surface area contributed by atoms with Gasteiger partial charge in [-0.05, 0) is 25.0 Å². The molecule has 25 heavy (non-hydrogen) atoms. The van der Waals surface area contributed by atoms with Crippen LogP contribution in [0.2, 0.25) is 0 Å². The number of imidazole rings is 1. The Morgan fingerprint density at radius 1 is 1.12 bits per heavy atom. The third-order valence-corrected chi connectivity index (χ3v) is 4.67. The van der Waals surface area contributed by atoms with E-state index in [0.29, 0.717) is 34.8 Å². The normalized spacial score (nSPS) is 15.4. The minimum absolute atomic E-state index is 0.319. The van der Waals surface area contributed by atoms with Gasteiger partial charge in [0.2, 0.25) is 11.9 Å². The Balaban J connectivity index is 1.60. The number of hydrogen-bond donors (Lipinski definition) is 2. The number of aryl methyl sites for hydroxylation is 1. The summed E-state index contributed by atoms with van der Waals surface area (Å²) in [5.74, 6) is 0.837. The molecule has 2 N–H and O–H groups in total. The zero-order valence-electron chi connectivity index (χ0n) is 14.2. The van der Waals surface area contributed by atoms with Crippen LogP contribution < -0.4 is 10.6 Å². The topological polar surface area (TPSA) is 67.7 Å². The summed E-state index contributed by atoms with van der Waals surface area (Å²) < 4.78 is 15.7. The van der Waals surface area contributed by atoms with Gasteiger partial charge in [0, 0.05) is 13.1 Å². The summed E-state index contributed by atoms with van der Waals surface area (Å²) in [5.41, 5.74) is 1.78. The third-order valence-electron chi connectivity index (χ3n) is 4.67. The molecule has 1 aromatic carbocycles. The summed E-state index contributed by atoms with van der Waals surface area (Å²) in [6.45, 7) is 0. The van der Waals surface area contributed by atoms with E-state index >= 15 is 0 Å². The lowest BCUT2D eigenvalue weighted by molar-refractivity contribution is 0.461. The minimum Gasteiger partial charge on any atom is -0.351 e. The van der Waals surface area contributed by atoms with Gasteiger partial charge in [-0.1, -0.05) is 31.4 Å². The van der Waals surface area contributed by atoms with Crippen molar-refractivity contribution < 1.29 is 4.39 Å². The second-order valence-electron chi connectivity index (χ2n) is 6.48. The first kappa shape index (κ1) is 15.8. The lowest BCUT2D eigenvalue weighted by Gasteiger charge is -2.22. The Labute approximate surface area is 145 Å². The number of halogens is 1. The zero-order chi connectivity index (χ0) is 17.2. The highest BCUT2D eigenvalue weighted by atomic mass is 19.1. The summed E-state index contributed by atoms with van der Waals surface area (Å²) in [7, 11) is 1.86. The van der Waals surface area contributed by atoms with Crippen LogP contribution in [-0.2, 0) is 7.05 Å². The lowest BCUT2D eigenvalue weighted by Crippen LogP contribution is -2.23. The Morgan fingerprint density at radius 2 is 1.92 bits per heavy atom. The van der Waals surface area contributed by atoms with Crippen LogP contribution in [-0.4, -0.2) is 25.6 Å². The molecule has 2 heterocycles. The molecule has 1 aliphatic carbocycles. The smallest absolute Gasteiger partial charge is 0.224 e. The van der Waals surface area contributed by atoms with Gasteiger partial charge in [0.15, 0.2) is 5.65 Å². The van der Waals surface area contributed by atoms with Crippen LogP contribution in [0.15, 0.2) is 30.5 Å². The van der Waals surface area contributed by atoms with E-state index in [2.05, 4.69) is 25.6 Å². The van der Waals surface area contributed by atoms with Gasteiger partial charge in [-0.2, -0.15) is 4.98 Å². The lowest BCUT2D eigenvalue weighted by atomic mass is 9.96. The average molecular weight is 340 g/mol. The largest absolute Gasteiger partial charge is 0.351 e. The molecule has 4 rings (SSSR count). The van der Waals surface area contributed by atoms with Crippen molar-refractivity contribution in [3.05, 3.63) is 36.3 Å². The van der Waals surface area contributed by atoms with Gasteiger partial charge in [-0.15, -0.1) is 0 Å². The fourth-order valence-corrected chi connectivity index (χ4v) is 3.28. The van der Waals surface area contributed by atoms with E-state index in [1.165, 1.54) is 25.3 Å². The number of hydrogen-bond acceptors (Lipinski definition) is 5. The molecule has 0 saturated heterocycles. The number of anilines is 3. The number of aromatic nitrogens is 4. The molecule has 0 atom stereocenters. The highest BCUT2D eigenvalue weighted by molar-refractivity contribution is 5.76. The quantitative estimate of drug-likeness (QED) is 0.752. The second-order valence-corrected chi connectivity index (χ2v) is 6.48. The molecule has 0 bridgehead atoms. The predicted octanol–water partition coefficient (Wildman–Crippen LogP) is 3.99. The number of nitrogens with zero attached hydrogens (tertiary/aromatic N) is 4. The summed E-state index contributed by atoms with van der Waals surface area (Å²) in [6.07, 6.45) is 7.84. The Hall–Kier alpha value is -2.70. The number of fused-ring (bicyclic) bond motifs is 1. The van der Waals surface area contributed by atoms with Crippen LogP contribution >= 0.6 is 0 Å². The molecule has 2 aromatic heterocycles. The van der Waals surface area contributed by atoms with E-state index in [1.54, 1.807) is 24.4 Å². The second kappa shape index (κ2) is 6.66. The van der Waals surface area contributed by atoms with E-state index in [9.17, 15) is 4.39 Å². The minimum atomic E-state index is -0.319. The Bertz CT molecular complexity index is 884. The van der Waals surface area contributed by atoms with Crippen molar-refractivity contribution in [2.24, 2.45) is 7.05 Å². The molecule has 0 radical (unpaired) electrons. The highest BCUT2D eigenvalue weighted by Crippen LogP contribution is 2.24. The fourth-order valence-electron chi connectivity index (χ4n) is 3.28. The van der Waals surface area contributed by atoms with E-state index in [-0.39, 0.29) is 5.82 Å². The monoisotopic (exact) mass is 340 g/mol. The molecule has 130 valence electrons. The summed E-state index contributed by atoms with van der Waals surface area (Å²) in [6, 6.07) is 6.97. The molecular weight excluding hydrogens is 319 g/mol. The first-order valence-corrected chi connectivity index (χ1v) is 8.68. The first-order valence-electron chi connectivity index (χ1n) is 8.68. The van der Waals surface area contributed by atoms with Gasteiger partial charge in [0.05, 0.1) is 11.9 Å². The van der Waals surface area contributed by atoms with Gasteiger partial charge < -0.3 is 10.6 Å². The molecule has 0 aliphatic heterocycles. The number of benzene rings is 1. The van der Waals surface area contributed by atoms with Crippen molar-refractivity contribution in [3.63, 3.8) is 0 Å². The van der Waals surface area contributed by atoms with Crippen molar-refractivity contribution in [1.82, 2.24) is 19.5 Å². The molecular formula is C18H21FN6. The van der Waals surface area contributed by atoms with Gasteiger partial charge >= 0.3 is 0 Å². The van der Waals surface area contributed by atoms with Crippen LogP contribution in [0.1, 0.15) is 32.1 Å². The molecule has 1 fully saturated rings. The van der Waals surface area contributed by atoms with Gasteiger partial charge in [0.1, 0.15) is 11.3 Å². The van der Waals surface area contributed by atoms with Crippen molar-refractivity contribution >= 4 is 28.7 Å². The maximum absolute atomic E-state index is 13.8. The molecule has 1 aliphatic rings. The number of nitrogens with one attached hydrogen (secondary N) is 2. The molecule has 3 aromatic rings. The average Bonchev–Trinajstić information content (AvgIpc) is 2.94. The molecule has 0 unspecified atom stereocenters. The van der Waals surface area contributed by atoms with E-state index in [0.717, 1.165) is 12.8 Å². The van der Waals surface area contributed by atoms with Crippen LogP contribution in [0.4, 0.5) is 22.0 Å². The van der Waals surface area contributed by atoms with Crippen LogP contribution in [0.3, 0.4) is 0 Å². The van der Waals surface area contributed by atoms with E-state index in [1.807, 2.05) is 11.6 Å². The maximum Gasteiger partial charge on any atom is 0.224 e.